The number of carbonyl (C=O) groups is 1. The van der Waals surface area contributed by atoms with Gasteiger partial charge in [0.2, 0.25) is 5.91 Å². The number of nitrogens with zero attached hydrogens (tertiary/aromatic N) is 5. The molecule has 0 spiro atoms. The average molecular weight is 313 g/mol. The number of amides is 1. The van der Waals surface area contributed by atoms with Crippen LogP contribution >= 0.6 is 11.8 Å². The largest absolute Gasteiger partial charge is 0.324 e. The third-order valence-electron chi connectivity index (χ3n) is 3.55. The van der Waals surface area contributed by atoms with E-state index in [1.165, 1.54) is 0 Å². The molecule has 1 saturated heterocycles. The van der Waals surface area contributed by atoms with Gasteiger partial charge >= 0.3 is 0 Å². The molecule has 0 radical (unpaired) electrons. The second-order valence-corrected chi connectivity index (χ2v) is 6.06. The number of benzene rings is 1. The molecule has 1 atom stereocenters. The Morgan fingerprint density at radius 2 is 2.18 bits per heavy atom. The molecule has 1 aromatic heterocycles. The minimum Gasteiger partial charge on any atom is -0.324 e. The van der Waals surface area contributed by atoms with E-state index in [0.717, 1.165) is 11.3 Å². The van der Waals surface area contributed by atoms with Gasteiger partial charge in [0.15, 0.2) is 0 Å². The van der Waals surface area contributed by atoms with Gasteiger partial charge < -0.3 is 4.90 Å². The van der Waals surface area contributed by atoms with Crippen LogP contribution in [0, 0.1) is 11.3 Å². The lowest BCUT2D eigenvalue weighted by molar-refractivity contribution is -0.127. The van der Waals surface area contributed by atoms with Gasteiger partial charge in [0, 0.05) is 6.54 Å². The van der Waals surface area contributed by atoms with E-state index in [4.69, 9.17) is 5.26 Å². The summed E-state index contributed by atoms with van der Waals surface area (Å²) in [5, 5.41) is 17.1. The van der Waals surface area contributed by atoms with E-state index in [1.54, 1.807) is 28.6 Å². The number of aromatic nitrogens is 3. The number of carbonyl (C=O) groups excluding carboxylic acids is 1. The van der Waals surface area contributed by atoms with E-state index < -0.39 is 0 Å². The fourth-order valence-corrected chi connectivity index (χ4v) is 3.61. The third kappa shape index (κ3) is 2.83. The first-order valence-electron chi connectivity index (χ1n) is 7.01. The lowest BCUT2D eigenvalue weighted by Crippen LogP contribution is -2.27. The van der Waals surface area contributed by atoms with Crippen LogP contribution in [0.5, 0.6) is 0 Å². The monoisotopic (exact) mass is 313 g/mol. The quantitative estimate of drug-likeness (QED) is 0.860. The molecule has 1 amide bonds. The minimum atomic E-state index is -0.0350. The van der Waals surface area contributed by atoms with Gasteiger partial charge in [-0.3, -0.25) is 4.79 Å². The molecule has 112 valence electrons. The fourth-order valence-electron chi connectivity index (χ4n) is 2.42. The Kier molecular flexibility index (Phi) is 4.11. The Balaban J connectivity index is 1.73. The van der Waals surface area contributed by atoms with Gasteiger partial charge in [-0.2, -0.15) is 5.26 Å². The van der Waals surface area contributed by atoms with Crippen molar-refractivity contribution >= 4 is 17.7 Å². The normalized spacial score (nSPS) is 17.7. The number of hydrogen-bond donors (Lipinski definition) is 0. The van der Waals surface area contributed by atoms with Crippen molar-refractivity contribution in [1.29, 1.82) is 5.26 Å². The lowest BCUT2D eigenvalue weighted by Gasteiger charge is -2.19. The van der Waals surface area contributed by atoms with Crippen LogP contribution in [0.2, 0.25) is 0 Å². The molecule has 0 saturated carbocycles. The molecule has 2 aromatic rings. The van der Waals surface area contributed by atoms with E-state index in [2.05, 4.69) is 16.4 Å². The highest BCUT2D eigenvalue weighted by Gasteiger charge is 2.33. The average Bonchev–Trinajstić information content (AvgIpc) is 3.14. The first-order chi connectivity index (χ1) is 10.7. The van der Waals surface area contributed by atoms with Crippen molar-refractivity contribution < 1.29 is 4.79 Å². The van der Waals surface area contributed by atoms with Gasteiger partial charge in [-0.15, -0.1) is 16.9 Å². The predicted molar refractivity (Wildman–Crippen MR) is 82.9 cm³/mol. The van der Waals surface area contributed by atoms with Crippen LogP contribution in [0.3, 0.4) is 0 Å². The predicted octanol–water partition coefficient (Wildman–Crippen LogP) is 1.79. The van der Waals surface area contributed by atoms with Crippen LogP contribution in [0.4, 0.5) is 0 Å². The van der Waals surface area contributed by atoms with Crippen molar-refractivity contribution in [2.45, 2.75) is 18.8 Å². The molecular formula is C15H15N5OS. The molecule has 7 heteroatoms. The summed E-state index contributed by atoms with van der Waals surface area (Å²) in [6.07, 6.45) is 1.89. The van der Waals surface area contributed by atoms with Crippen LogP contribution in [0.15, 0.2) is 30.5 Å². The van der Waals surface area contributed by atoms with Gasteiger partial charge in [0.1, 0.15) is 11.1 Å². The van der Waals surface area contributed by atoms with Gasteiger partial charge in [0.05, 0.1) is 30.1 Å². The van der Waals surface area contributed by atoms with Crippen LogP contribution in [0.25, 0.3) is 0 Å². The Morgan fingerprint density at radius 1 is 1.41 bits per heavy atom. The first kappa shape index (κ1) is 14.6. The van der Waals surface area contributed by atoms with Gasteiger partial charge in [-0.1, -0.05) is 17.3 Å². The van der Waals surface area contributed by atoms with Crippen molar-refractivity contribution in [3.63, 3.8) is 0 Å². The highest BCUT2D eigenvalue weighted by atomic mass is 32.2. The second-order valence-electron chi connectivity index (χ2n) is 4.99. The molecule has 1 aromatic carbocycles. The van der Waals surface area contributed by atoms with Crippen molar-refractivity contribution in [2.75, 3.05) is 12.3 Å². The van der Waals surface area contributed by atoms with Crippen molar-refractivity contribution in [3.8, 4) is 6.07 Å². The zero-order valence-electron chi connectivity index (χ0n) is 12.1. The Morgan fingerprint density at radius 3 is 2.86 bits per heavy atom. The summed E-state index contributed by atoms with van der Waals surface area (Å²) >= 11 is 1.59. The number of rotatable bonds is 4. The second kappa shape index (κ2) is 6.20. The zero-order valence-corrected chi connectivity index (χ0v) is 13.0. The summed E-state index contributed by atoms with van der Waals surface area (Å²) < 4.78 is 1.76. The Labute approximate surface area is 132 Å². The van der Waals surface area contributed by atoms with E-state index in [9.17, 15) is 4.79 Å². The number of thioether (sulfide) groups is 1. The summed E-state index contributed by atoms with van der Waals surface area (Å²) in [5.41, 5.74) is 2.51. The molecule has 6 nitrogen and oxygen atoms in total. The molecule has 0 aliphatic carbocycles. The van der Waals surface area contributed by atoms with Gasteiger partial charge in [-0.25, -0.2) is 4.68 Å². The maximum absolute atomic E-state index is 11.8. The van der Waals surface area contributed by atoms with Crippen LogP contribution in [-0.2, 0) is 11.3 Å². The summed E-state index contributed by atoms with van der Waals surface area (Å²) in [7, 11) is 0. The number of nitriles is 1. The molecule has 1 aliphatic heterocycles. The fraction of sp³-hybridized carbons (Fsp3) is 0.333. The van der Waals surface area contributed by atoms with Crippen LogP contribution < -0.4 is 0 Å². The standard InChI is InChI=1S/C15H15N5OS/c1-2-20-14(21)10-22-15(20)13-9-19(18-17-13)8-12-5-3-11(7-16)4-6-12/h3-6,9,15H,2,8,10H2,1H3. The van der Waals surface area contributed by atoms with Crippen molar-refractivity contribution in [2.24, 2.45) is 0 Å². The number of hydrogen-bond acceptors (Lipinski definition) is 5. The highest BCUT2D eigenvalue weighted by Crippen LogP contribution is 2.37. The lowest BCUT2D eigenvalue weighted by atomic mass is 10.1. The van der Waals surface area contributed by atoms with E-state index in [0.29, 0.717) is 24.4 Å². The molecule has 1 fully saturated rings. The van der Waals surface area contributed by atoms with Crippen LogP contribution in [-0.4, -0.2) is 38.1 Å². The highest BCUT2D eigenvalue weighted by molar-refractivity contribution is 8.00. The summed E-state index contributed by atoms with van der Waals surface area (Å²) in [6, 6.07) is 9.50. The maximum Gasteiger partial charge on any atom is 0.233 e. The summed E-state index contributed by atoms with van der Waals surface area (Å²) in [4.78, 5) is 13.6. The summed E-state index contributed by atoms with van der Waals surface area (Å²) in [5.74, 6) is 0.653. The molecule has 3 rings (SSSR count). The third-order valence-corrected chi connectivity index (χ3v) is 4.77. The van der Waals surface area contributed by atoms with Crippen molar-refractivity contribution in [3.05, 3.63) is 47.3 Å². The van der Waals surface area contributed by atoms with Gasteiger partial charge in [-0.05, 0) is 24.6 Å². The summed E-state index contributed by atoms with van der Waals surface area (Å²) in [6.45, 7) is 3.24. The molecule has 1 unspecified atom stereocenters. The zero-order chi connectivity index (χ0) is 15.5. The maximum atomic E-state index is 11.8. The smallest absolute Gasteiger partial charge is 0.233 e. The SMILES string of the molecule is CCN1C(=O)CSC1c1cn(Cc2ccc(C#N)cc2)nn1. The topological polar surface area (TPSA) is 74.8 Å². The van der Waals surface area contributed by atoms with E-state index in [-0.39, 0.29) is 11.3 Å². The molecule has 0 bridgehead atoms. The van der Waals surface area contributed by atoms with E-state index in [1.807, 2.05) is 30.2 Å². The molecule has 1 aliphatic rings. The molecule has 0 N–H and O–H groups in total. The Hall–Kier alpha value is -2.33. The Bertz CT molecular complexity index is 718. The molecule has 22 heavy (non-hydrogen) atoms. The van der Waals surface area contributed by atoms with E-state index >= 15 is 0 Å². The first-order valence-corrected chi connectivity index (χ1v) is 8.06. The van der Waals surface area contributed by atoms with Crippen molar-refractivity contribution in [1.82, 2.24) is 19.9 Å². The molecule has 2 heterocycles. The minimum absolute atomic E-state index is 0.0350. The molecular weight excluding hydrogens is 298 g/mol. The van der Waals surface area contributed by atoms with Crippen LogP contribution in [0.1, 0.15) is 29.1 Å². The van der Waals surface area contributed by atoms with Gasteiger partial charge in [0.25, 0.3) is 0 Å².